The van der Waals surface area contributed by atoms with Crippen molar-refractivity contribution >= 4 is 32.3 Å². The quantitative estimate of drug-likeness (QED) is 0.401. The number of rotatable bonds is 4. The average molecular weight is 503 g/mol. The minimum Gasteiger partial charge on any atom is -0.490 e. The predicted octanol–water partition coefficient (Wildman–Crippen LogP) is 5.49. The van der Waals surface area contributed by atoms with Crippen LogP contribution in [0.1, 0.15) is 55.3 Å². The number of pyridine rings is 1. The zero-order chi connectivity index (χ0) is 24.6. The first-order valence-electron chi connectivity index (χ1n) is 12.9. The topological polar surface area (TPSA) is 71.2 Å². The number of hydrogen-bond acceptors (Lipinski definition) is 5. The van der Waals surface area contributed by atoms with E-state index in [0.717, 1.165) is 40.8 Å². The highest BCUT2D eigenvalue weighted by molar-refractivity contribution is 7.24. The second-order valence-electron chi connectivity index (χ2n) is 9.94. The molecule has 186 valence electrons. The van der Waals surface area contributed by atoms with E-state index in [1.807, 2.05) is 48.5 Å². The van der Waals surface area contributed by atoms with Crippen molar-refractivity contribution in [3.63, 3.8) is 0 Å². The summed E-state index contributed by atoms with van der Waals surface area (Å²) in [6.45, 7) is 0.918. The first-order chi connectivity index (χ1) is 17.6. The maximum Gasteiger partial charge on any atom is 0.264 e. The summed E-state index contributed by atoms with van der Waals surface area (Å²) >= 11 is 1.45. The molecule has 1 unspecified atom stereocenters. The molecule has 6 rings (SSSR count). The van der Waals surface area contributed by atoms with E-state index in [4.69, 9.17) is 4.74 Å². The van der Waals surface area contributed by atoms with Gasteiger partial charge in [0.2, 0.25) is 0 Å². The molecule has 36 heavy (non-hydrogen) atoms. The van der Waals surface area contributed by atoms with Crippen LogP contribution in [0.4, 0.5) is 0 Å². The normalized spacial score (nSPS) is 19.1. The maximum atomic E-state index is 13.9. The van der Waals surface area contributed by atoms with E-state index in [2.05, 4.69) is 0 Å². The molecule has 6 nitrogen and oxygen atoms in total. The van der Waals surface area contributed by atoms with Crippen LogP contribution < -0.4 is 10.3 Å². The van der Waals surface area contributed by atoms with Crippen LogP contribution in [0, 0.1) is 0 Å². The Hall–Kier alpha value is -3.16. The number of aliphatic hydroxyl groups is 1. The molecule has 1 amide bonds. The molecule has 2 aromatic carbocycles. The maximum absolute atomic E-state index is 13.9. The van der Waals surface area contributed by atoms with Crippen molar-refractivity contribution in [1.29, 1.82) is 0 Å². The molecule has 4 aromatic rings. The Kier molecular flexibility index (Phi) is 6.27. The van der Waals surface area contributed by atoms with E-state index >= 15 is 0 Å². The van der Waals surface area contributed by atoms with Gasteiger partial charge < -0.3 is 14.7 Å². The van der Waals surface area contributed by atoms with Gasteiger partial charge in [-0.3, -0.25) is 14.0 Å². The lowest BCUT2D eigenvalue weighted by atomic mass is 9.98. The molecule has 0 radical (unpaired) electrons. The minimum absolute atomic E-state index is 0.145. The number of aromatic nitrogens is 1. The van der Waals surface area contributed by atoms with Gasteiger partial charge >= 0.3 is 0 Å². The molecule has 2 aromatic heterocycles. The Morgan fingerprint density at radius 1 is 0.972 bits per heavy atom. The lowest BCUT2D eigenvalue weighted by molar-refractivity contribution is 0.0475. The van der Waals surface area contributed by atoms with Gasteiger partial charge in [0.25, 0.3) is 11.5 Å². The fraction of sp³-hybridized carbons (Fsp3) is 0.379. The largest absolute Gasteiger partial charge is 0.490 e. The molecule has 1 N–H and O–H groups in total. The van der Waals surface area contributed by atoms with Gasteiger partial charge in [-0.05, 0) is 62.3 Å². The Morgan fingerprint density at radius 2 is 1.78 bits per heavy atom. The molecule has 1 atom stereocenters. The number of carbonyl (C=O) groups is 1. The molecular formula is C29H30N2O4S. The van der Waals surface area contributed by atoms with Crippen molar-refractivity contribution in [2.45, 2.75) is 57.2 Å². The highest BCUT2D eigenvalue weighted by atomic mass is 32.1. The molecule has 2 fully saturated rings. The van der Waals surface area contributed by atoms with Crippen molar-refractivity contribution in [3.05, 3.63) is 70.5 Å². The fourth-order valence-corrected chi connectivity index (χ4v) is 6.65. The Bertz CT molecular complexity index is 1470. The second-order valence-corrected chi connectivity index (χ2v) is 11.0. The lowest BCUT2D eigenvalue weighted by Crippen LogP contribution is -2.42. The van der Waals surface area contributed by atoms with Crippen LogP contribution in [-0.2, 0) is 0 Å². The Balaban J connectivity index is 1.52. The number of hydrogen-bond donors (Lipinski definition) is 1. The average Bonchev–Trinajstić information content (AvgIpc) is 3.29. The van der Waals surface area contributed by atoms with Gasteiger partial charge in [-0.1, -0.05) is 36.8 Å². The van der Waals surface area contributed by atoms with Crippen LogP contribution in [0.5, 0.6) is 5.75 Å². The number of carbonyl (C=O) groups excluding carboxylic acids is 1. The number of β-amino-alcohol motifs (C(OH)–C–C–N with tert-alkyl or cyclic N) is 1. The summed E-state index contributed by atoms with van der Waals surface area (Å²) in [6.07, 6.45) is 6.91. The number of likely N-dealkylation sites (tertiary alicyclic amines) is 1. The molecule has 1 saturated heterocycles. The van der Waals surface area contributed by atoms with Gasteiger partial charge in [-0.15, -0.1) is 11.3 Å². The van der Waals surface area contributed by atoms with Crippen LogP contribution in [0.25, 0.3) is 26.2 Å². The summed E-state index contributed by atoms with van der Waals surface area (Å²) in [5, 5.41) is 10.2. The van der Waals surface area contributed by atoms with Crippen molar-refractivity contribution in [2.24, 2.45) is 0 Å². The lowest BCUT2D eigenvalue weighted by Gasteiger charge is -2.30. The van der Waals surface area contributed by atoms with E-state index in [9.17, 15) is 14.7 Å². The van der Waals surface area contributed by atoms with Gasteiger partial charge in [-0.25, -0.2) is 0 Å². The molecule has 1 aliphatic carbocycles. The Morgan fingerprint density at radius 3 is 2.56 bits per heavy atom. The van der Waals surface area contributed by atoms with Gasteiger partial charge in [0.05, 0.1) is 28.0 Å². The molecule has 1 aliphatic heterocycles. The monoisotopic (exact) mass is 502 g/mol. The molecule has 0 spiro atoms. The molecule has 7 heteroatoms. The number of aliphatic hydroxyl groups excluding tert-OH is 1. The number of thiazole rings is 1. The third-order valence-corrected chi connectivity index (χ3v) is 8.55. The first kappa shape index (κ1) is 23.3. The second kappa shape index (κ2) is 9.71. The highest BCUT2D eigenvalue weighted by Gasteiger charge is 2.27. The van der Waals surface area contributed by atoms with Gasteiger partial charge in [0, 0.05) is 24.7 Å². The van der Waals surface area contributed by atoms with Crippen LogP contribution in [0.3, 0.4) is 0 Å². The van der Waals surface area contributed by atoms with Gasteiger partial charge in [0.1, 0.15) is 10.6 Å². The predicted molar refractivity (Wildman–Crippen MR) is 143 cm³/mol. The summed E-state index contributed by atoms with van der Waals surface area (Å²) in [4.78, 5) is 30.0. The van der Waals surface area contributed by atoms with Crippen LogP contribution >= 0.6 is 11.3 Å². The SMILES string of the molecule is O=C(c1cc(-c2ccccc2)c(=O)n2c1sc1ccc(OC3CCCCC3)cc12)N1CCCC(O)C1. The summed E-state index contributed by atoms with van der Waals surface area (Å²) in [6, 6.07) is 17.2. The zero-order valence-electron chi connectivity index (χ0n) is 20.2. The third kappa shape index (κ3) is 4.31. The van der Waals surface area contributed by atoms with Crippen LogP contribution in [0.2, 0.25) is 0 Å². The number of nitrogens with zero attached hydrogens (tertiary/aromatic N) is 2. The molecule has 2 aliphatic rings. The smallest absolute Gasteiger partial charge is 0.264 e. The molecule has 1 saturated carbocycles. The van der Waals surface area contributed by atoms with E-state index in [-0.39, 0.29) is 17.6 Å². The Labute approximate surface area is 213 Å². The molecular weight excluding hydrogens is 472 g/mol. The summed E-state index contributed by atoms with van der Waals surface area (Å²) in [7, 11) is 0. The van der Waals surface area contributed by atoms with Crippen molar-refractivity contribution < 1.29 is 14.6 Å². The van der Waals surface area contributed by atoms with E-state index in [0.29, 0.717) is 35.5 Å². The zero-order valence-corrected chi connectivity index (χ0v) is 21.0. The molecule has 0 bridgehead atoms. The number of piperidine rings is 1. The van der Waals surface area contributed by atoms with Gasteiger partial charge in [-0.2, -0.15) is 0 Å². The van der Waals surface area contributed by atoms with Crippen LogP contribution in [-0.4, -0.2) is 45.6 Å². The van der Waals surface area contributed by atoms with Gasteiger partial charge in [0.15, 0.2) is 0 Å². The number of fused-ring (bicyclic) bond motifs is 3. The highest BCUT2D eigenvalue weighted by Crippen LogP contribution is 2.34. The number of benzene rings is 2. The first-order valence-corrected chi connectivity index (χ1v) is 13.7. The summed E-state index contributed by atoms with van der Waals surface area (Å²) in [5.41, 5.74) is 2.38. The van der Waals surface area contributed by atoms with Crippen LogP contribution in [0.15, 0.2) is 59.4 Å². The number of ether oxygens (including phenoxy) is 1. The van der Waals surface area contributed by atoms with E-state index in [1.54, 1.807) is 15.4 Å². The fourth-order valence-electron chi connectivity index (χ4n) is 5.52. The van der Waals surface area contributed by atoms with Crippen molar-refractivity contribution in [1.82, 2.24) is 9.30 Å². The standard InChI is InChI=1S/C29H30N2O4S/c32-20-10-7-15-30(18-20)27(33)24-17-23(19-8-3-1-4-9-19)28(34)31-25-16-22(13-14-26(25)36-29(24)31)35-21-11-5-2-6-12-21/h1,3-4,8-9,13-14,16-17,20-21,32H,2,5-7,10-12,15,18H2. The molecule has 3 heterocycles. The minimum atomic E-state index is -0.514. The number of amides is 1. The van der Waals surface area contributed by atoms with Crippen molar-refractivity contribution in [2.75, 3.05) is 13.1 Å². The summed E-state index contributed by atoms with van der Waals surface area (Å²) in [5.74, 6) is 0.617. The van der Waals surface area contributed by atoms with E-state index in [1.165, 1.54) is 30.6 Å². The van der Waals surface area contributed by atoms with Crippen molar-refractivity contribution in [3.8, 4) is 16.9 Å². The van der Waals surface area contributed by atoms with E-state index < -0.39 is 6.10 Å². The summed E-state index contributed by atoms with van der Waals surface area (Å²) < 4.78 is 8.92. The third-order valence-electron chi connectivity index (χ3n) is 7.39.